The van der Waals surface area contributed by atoms with E-state index in [2.05, 4.69) is 5.32 Å². The third kappa shape index (κ3) is 3.44. The van der Waals surface area contributed by atoms with Crippen LogP contribution in [0.15, 0.2) is 18.2 Å². The van der Waals surface area contributed by atoms with Crippen LogP contribution in [0.5, 0.6) is 0 Å². The number of anilines is 2. The quantitative estimate of drug-likeness (QED) is 0.664. The van der Waals surface area contributed by atoms with Gasteiger partial charge in [-0.1, -0.05) is 12.1 Å². The molecule has 3 nitrogen and oxygen atoms in total. The Morgan fingerprint density at radius 1 is 1.40 bits per heavy atom. The number of aryl methyl sites for hydroxylation is 1. The molecule has 84 valence electrons. The number of benzene rings is 1. The van der Waals surface area contributed by atoms with Crippen LogP contribution in [-0.4, -0.2) is 17.3 Å². The van der Waals surface area contributed by atoms with Gasteiger partial charge >= 0.3 is 0 Å². The highest BCUT2D eigenvalue weighted by Gasteiger charge is 2.09. The van der Waals surface area contributed by atoms with E-state index >= 15 is 0 Å². The van der Waals surface area contributed by atoms with Crippen molar-refractivity contribution in [3.05, 3.63) is 23.8 Å². The van der Waals surface area contributed by atoms with Crippen LogP contribution in [0, 0.1) is 6.92 Å². The lowest BCUT2D eigenvalue weighted by atomic mass is 10.1. The van der Waals surface area contributed by atoms with Crippen molar-refractivity contribution in [3.8, 4) is 0 Å². The molecule has 1 aromatic rings. The fraction of sp³-hybridized carbons (Fsp3) is 0.500. The van der Waals surface area contributed by atoms with Crippen molar-refractivity contribution in [1.29, 1.82) is 0 Å². The number of aliphatic hydroxyl groups is 1. The van der Waals surface area contributed by atoms with Crippen LogP contribution in [0.1, 0.15) is 25.8 Å². The minimum atomic E-state index is -0.294. The Morgan fingerprint density at radius 2 is 2.07 bits per heavy atom. The summed E-state index contributed by atoms with van der Waals surface area (Å²) in [5.41, 5.74) is 8.74. The van der Waals surface area contributed by atoms with Crippen LogP contribution >= 0.6 is 0 Å². The fourth-order valence-electron chi connectivity index (χ4n) is 1.70. The monoisotopic (exact) mass is 208 g/mol. The summed E-state index contributed by atoms with van der Waals surface area (Å²) >= 11 is 0. The van der Waals surface area contributed by atoms with Crippen molar-refractivity contribution in [2.45, 2.75) is 39.3 Å². The Kier molecular flexibility index (Phi) is 3.97. The second kappa shape index (κ2) is 5.03. The Morgan fingerprint density at radius 3 is 2.60 bits per heavy atom. The van der Waals surface area contributed by atoms with Gasteiger partial charge in [0.15, 0.2) is 0 Å². The van der Waals surface area contributed by atoms with E-state index in [1.165, 1.54) is 0 Å². The lowest BCUT2D eigenvalue weighted by Crippen LogP contribution is -2.21. The lowest BCUT2D eigenvalue weighted by molar-refractivity contribution is 0.179. The number of nitrogens with one attached hydrogen (secondary N) is 1. The van der Waals surface area contributed by atoms with Crippen molar-refractivity contribution >= 4 is 11.4 Å². The number of para-hydroxylation sites is 1. The minimum absolute atomic E-state index is 0.216. The number of nitrogen functional groups attached to an aromatic ring is 1. The molecule has 15 heavy (non-hydrogen) atoms. The summed E-state index contributed by atoms with van der Waals surface area (Å²) < 4.78 is 0. The molecular weight excluding hydrogens is 188 g/mol. The molecule has 1 rings (SSSR count). The summed E-state index contributed by atoms with van der Waals surface area (Å²) in [5.74, 6) is 0. The maximum Gasteiger partial charge on any atom is 0.0605 e. The van der Waals surface area contributed by atoms with E-state index in [0.29, 0.717) is 6.42 Å². The molecule has 0 amide bonds. The van der Waals surface area contributed by atoms with Gasteiger partial charge in [-0.15, -0.1) is 0 Å². The predicted octanol–water partition coefficient (Wildman–Crippen LogP) is 2.15. The molecule has 1 aromatic carbocycles. The Hall–Kier alpha value is -1.22. The van der Waals surface area contributed by atoms with Crippen molar-refractivity contribution in [2.24, 2.45) is 0 Å². The van der Waals surface area contributed by atoms with E-state index in [4.69, 9.17) is 5.73 Å². The van der Waals surface area contributed by atoms with E-state index in [-0.39, 0.29) is 12.1 Å². The van der Waals surface area contributed by atoms with Gasteiger partial charge < -0.3 is 16.2 Å². The molecule has 0 saturated carbocycles. The Balaban J connectivity index is 2.71. The fourth-order valence-corrected chi connectivity index (χ4v) is 1.70. The molecule has 0 aliphatic heterocycles. The van der Waals surface area contributed by atoms with Crippen LogP contribution in [0.3, 0.4) is 0 Å². The van der Waals surface area contributed by atoms with E-state index < -0.39 is 0 Å². The van der Waals surface area contributed by atoms with Crippen LogP contribution in [0.25, 0.3) is 0 Å². The third-order valence-corrected chi connectivity index (χ3v) is 2.39. The second-order valence-electron chi connectivity index (χ2n) is 4.17. The topological polar surface area (TPSA) is 58.3 Å². The van der Waals surface area contributed by atoms with Gasteiger partial charge in [0, 0.05) is 6.04 Å². The SMILES string of the molecule is Cc1cccc(N)c1NC(C)CC(C)O. The van der Waals surface area contributed by atoms with E-state index in [1.54, 1.807) is 6.92 Å². The Bertz CT molecular complexity index is 303. The molecule has 4 N–H and O–H groups in total. The summed E-state index contributed by atoms with van der Waals surface area (Å²) in [6.45, 7) is 5.85. The van der Waals surface area contributed by atoms with Crippen molar-refractivity contribution < 1.29 is 5.11 Å². The van der Waals surface area contributed by atoms with Gasteiger partial charge in [0.2, 0.25) is 0 Å². The summed E-state index contributed by atoms with van der Waals surface area (Å²) in [6, 6.07) is 6.06. The average molecular weight is 208 g/mol. The van der Waals surface area contributed by atoms with Gasteiger partial charge in [-0.05, 0) is 38.8 Å². The highest BCUT2D eigenvalue weighted by molar-refractivity contribution is 5.70. The van der Waals surface area contributed by atoms with Crippen LogP contribution in [-0.2, 0) is 0 Å². The first-order chi connectivity index (χ1) is 7.00. The summed E-state index contributed by atoms with van der Waals surface area (Å²) in [7, 11) is 0. The summed E-state index contributed by atoms with van der Waals surface area (Å²) in [5, 5.41) is 12.6. The largest absolute Gasteiger partial charge is 0.397 e. The second-order valence-corrected chi connectivity index (χ2v) is 4.17. The van der Waals surface area contributed by atoms with Crippen molar-refractivity contribution in [1.82, 2.24) is 0 Å². The van der Waals surface area contributed by atoms with E-state index in [9.17, 15) is 5.11 Å². The number of aliphatic hydroxyl groups excluding tert-OH is 1. The molecule has 0 radical (unpaired) electrons. The first-order valence-corrected chi connectivity index (χ1v) is 5.30. The summed E-state index contributed by atoms with van der Waals surface area (Å²) in [4.78, 5) is 0. The van der Waals surface area contributed by atoms with Crippen LogP contribution < -0.4 is 11.1 Å². The standard InChI is InChI=1S/C12H20N2O/c1-8-5-4-6-11(13)12(8)14-9(2)7-10(3)15/h4-6,9-10,14-15H,7,13H2,1-3H3. The number of nitrogens with two attached hydrogens (primary N) is 1. The molecule has 0 saturated heterocycles. The molecule has 0 aliphatic rings. The number of hydrogen-bond donors (Lipinski definition) is 3. The van der Waals surface area contributed by atoms with Gasteiger partial charge in [-0.25, -0.2) is 0 Å². The summed E-state index contributed by atoms with van der Waals surface area (Å²) in [6.07, 6.45) is 0.422. The number of rotatable bonds is 4. The molecular formula is C12H20N2O. The zero-order chi connectivity index (χ0) is 11.4. The highest BCUT2D eigenvalue weighted by Crippen LogP contribution is 2.23. The van der Waals surface area contributed by atoms with Gasteiger partial charge in [0.05, 0.1) is 17.5 Å². The lowest BCUT2D eigenvalue weighted by Gasteiger charge is -2.19. The molecule has 0 heterocycles. The first-order valence-electron chi connectivity index (χ1n) is 5.30. The molecule has 0 spiro atoms. The molecule has 2 unspecified atom stereocenters. The smallest absolute Gasteiger partial charge is 0.0605 e. The molecule has 0 aromatic heterocycles. The van der Waals surface area contributed by atoms with E-state index in [0.717, 1.165) is 16.9 Å². The van der Waals surface area contributed by atoms with Gasteiger partial charge in [-0.2, -0.15) is 0 Å². The Labute approximate surface area is 91.3 Å². The average Bonchev–Trinajstić information content (AvgIpc) is 2.10. The maximum absolute atomic E-state index is 9.27. The maximum atomic E-state index is 9.27. The van der Waals surface area contributed by atoms with Gasteiger partial charge in [0.25, 0.3) is 0 Å². The third-order valence-electron chi connectivity index (χ3n) is 2.39. The molecule has 2 atom stereocenters. The van der Waals surface area contributed by atoms with Gasteiger partial charge in [0.1, 0.15) is 0 Å². The normalized spacial score (nSPS) is 14.7. The predicted molar refractivity (Wildman–Crippen MR) is 65.0 cm³/mol. The molecule has 0 bridgehead atoms. The number of hydrogen-bond acceptors (Lipinski definition) is 3. The highest BCUT2D eigenvalue weighted by atomic mass is 16.3. The van der Waals surface area contributed by atoms with Crippen molar-refractivity contribution in [2.75, 3.05) is 11.1 Å². The zero-order valence-corrected chi connectivity index (χ0v) is 9.62. The van der Waals surface area contributed by atoms with Gasteiger partial charge in [-0.3, -0.25) is 0 Å². The zero-order valence-electron chi connectivity index (χ0n) is 9.62. The first kappa shape index (κ1) is 11.9. The van der Waals surface area contributed by atoms with Crippen LogP contribution in [0.4, 0.5) is 11.4 Å². The molecule has 0 aliphatic carbocycles. The van der Waals surface area contributed by atoms with E-state index in [1.807, 2.05) is 32.0 Å². The van der Waals surface area contributed by atoms with Crippen LogP contribution in [0.2, 0.25) is 0 Å². The minimum Gasteiger partial charge on any atom is -0.397 e. The van der Waals surface area contributed by atoms with Crippen molar-refractivity contribution in [3.63, 3.8) is 0 Å². The molecule has 0 fully saturated rings. The molecule has 3 heteroatoms.